The van der Waals surface area contributed by atoms with Crippen molar-refractivity contribution in [1.82, 2.24) is 0 Å². The van der Waals surface area contributed by atoms with E-state index in [-0.39, 0.29) is 11.3 Å². The van der Waals surface area contributed by atoms with Crippen LogP contribution < -0.4 is 5.32 Å². The van der Waals surface area contributed by atoms with Crippen molar-refractivity contribution in [3.8, 4) is 11.8 Å². The van der Waals surface area contributed by atoms with Gasteiger partial charge in [-0.2, -0.15) is 5.26 Å². The lowest BCUT2D eigenvalue weighted by molar-refractivity contribution is -0.112. The average Bonchev–Trinajstić information content (AvgIpc) is 2.54. The molecular formula is C18H14N2O2. The Morgan fingerprint density at radius 2 is 1.77 bits per heavy atom. The van der Waals surface area contributed by atoms with Crippen LogP contribution in [0.1, 0.15) is 5.56 Å². The summed E-state index contributed by atoms with van der Waals surface area (Å²) in [4.78, 5) is 12.0. The Hall–Kier alpha value is -3.32. The molecule has 2 N–H and O–H groups in total. The second-order valence-corrected chi connectivity index (χ2v) is 4.46. The molecule has 108 valence electrons. The summed E-state index contributed by atoms with van der Waals surface area (Å²) < 4.78 is 0. The molecule has 0 spiro atoms. The molecular weight excluding hydrogens is 276 g/mol. The van der Waals surface area contributed by atoms with Crippen LogP contribution in [0.2, 0.25) is 0 Å². The van der Waals surface area contributed by atoms with Gasteiger partial charge in [0.05, 0.1) is 0 Å². The molecule has 0 unspecified atom stereocenters. The van der Waals surface area contributed by atoms with Crippen LogP contribution in [0.3, 0.4) is 0 Å². The van der Waals surface area contributed by atoms with Crippen LogP contribution in [0.5, 0.6) is 5.75 Å². The highest BCUT2D eigenvalue weighted by molar-refractivity contribution is 6.06. The molecule has 4 nitrogen and oxygen atoms in total. The van der Waals surface area contributed by atoms with E-state index in [1.165, 1.54) is 18.2 Å². The summed E-state index contributed by atoms with van der Waals surface area (Å²) >= 11 is 0. The van der Waals surface area contributed by atoms with Gasteiger partial charge in [-0.05, 0) is 35.9 Å². The number of rotatable bonds is 4. The summed E-state index contributed by atoms with van der Waals surface area (Å²) in [6, 6.07) is 17.5. The van der Waals surface area contributed by atoms with Gasteiger partial charge >= 0.3 is 0 Å². The molecule has 0 aromatic heterocycles. The number of nitrogens with one attached hydrogen (secondary N) is 1. The zero-order chi connectivity index (χ0) is 15.8. The van der Waals surface area contributed by atoms with Crippen molar-refractivity contribution in [2.75, 3.05) is 5.32 Å². The van der Waals surface area contributed by atoms with Crippen LogP contribution >= 0.6 is 0 Å². The minimum atomic E-state index is -0.495. The Bertz CT molecular complexity index is 739. The zero-order valence-electron chi connectivity index (χ0n) is 11.7. The SMILES string of the molecule is N#C/C(=C\C=C\c1ccccc1)C(=O)Nc1ccc(O)cc1. The van der Waals surface area contributed by atoms with E-state index in [0.29, 0.717) is 5.69 Å². The second-order valence-electron chi connectivity index (χ2n) is 4.46. The molecule has 0 saturated carbocycles. The quantitative estimate of drug-likeness (QED) is 0.392. The van der Waals surface area contributed by atoms with Crippen molar-refractivity contribution in [2.45, 2.75) is 0 Å². The molecule has 0 bridgehead atoms. The van der Waals surface area contributed by atoms with Crippen molar-refractivity contribution < 1.29 is 9.90 Å². The number of aromatic hydroxyl groups is 1. The molecule has 4 heteroatoms. The van der Waals surface area contributed by atoms with E-state index >= 15 is 0 Å². The number of carbonyl (C=O) groups is 1. The first kappa shape index (κ1) is 15.1. The standard InChI is InChI=1S/C18H14N2O2/c19-13-15(8-4-7-14-5-2-1-3-6-14)18(22)20-16-9-11-17(21)12-10-16/h1-12,21H,(H,20,22)/b7-4+,15-8+. The predicted octanol–water partition coefficient (Wildman–Crippen LogP) is 3.49. The number of hydrogen-bond donors (Lipinski definition) is 2. The van der Waals surface area contributed by atoms with E-state index in [0.717, 1.165) is 5.56 Å². The van der Waals surface area contributed by atoms with Gasteiger partial charge < -0.3 is 10.4 Å². The summed E-state index contributed by atoms with van der Waals surface area (Å²) in [5.41, 5.74) is 1.49. The number of benzene rings is 2. The van der Waals surface area contributed by atoms with Crippen LogP contribution in [0.15, 0.2) is 72.3 Å². The number of anilines is 1. The smallest absolute Gasteiger partial charge is 0.266 e. The Balaban J connectivity index is 2.05. The van der Waals surface area contributed by atoms with Crippen LogP contribution in [0, 0.1) is 11.3 Å². The third kappa shape index (κ3) is 4.36. The first-order valence-corrected chi connectivity index (χ1v) is 6.63. The maximum atomic E-state index is 12.0. The minimum Gasteiger partial charge on any atom is -0.508 e. The largest absolute Gasteiger partial charge is 0.508 e. The maximum absolute atomic E-state index is 12.0. The molecule has 0 aliphatic rings. The molecule has 1 amide bonds. The maximum Gasteiger partial charge on any atom is 0.266 e. The number of phenolic OH excluding ortho intramolecular Hbond substituents is 1. The third-order valence-electron chi connectivity index (χ3n) is 2.84. The van der Waals surface area contributed by atoms with Crippen LogP contribution in [-0.2, 0) is 4.79 Å². The zero-order valence-corrected chi connectivity index (χ0v) is 11.7. The number of carbonyl (C=O) groups excluding carboxylic acids is 1. The summed E-state index contributed by atoms with van der Waals surface area (Å²) in [5.74, 6) is -0.384. The van der Waals surface area contributed by atoms with Gasteiger partial charge in [-0.15, -0.1) is 0 Å². The van der Waals surface area contributed by atoms with Crippen molar-refractivity contribution in [3.05, 3.63) is 77.9 Å². The molecule has 0 atom stereocenters. The molecule has 2 rings (SSSR count). The number of allylic oxidation sites excluding steroid dienone is 2. The molecule has 0 radical (unpaired) electrons. The Morgan fingerprint density at radius 1 is 1.09 bits per heavy atom. The van der Waals surface area contributed by atoms with E-state index in [1.807, 2.05) is 42.5 Å². The fraction of sp³-hybridized carbons (Fsp3) is 0. The van der Waals surface area contributed by atoms with Crippen molar-refractivity contribution >= 4 is 17.7 Å². The van der Waals surface area contributed by atoms with Crippen molar-refractivity contribution in [3.63, 3.8) is 0 Å². The van der Waals surface area contributed by atoms with Crippen molar-refractivity contribution in [1.29, 1.82) is 5.26 Å². The minimum absolute atomic E-state index is 0.000237. The van der Waals surface area contributed by atoms with Gasteiger partial charge in [0.2, 0.25) is 0 Å². The van der Waals surface area contributed by atoms with E-state index in [2.05, 4.69) is 5.32 Å². The summed E-state index contributed by atoms with van der Waals surface area (Å²) in [7, 11) is 0. The first-order valence-electron chi connectivity index (χ1n) is 6.63. The Labute approximate surface area is 128 Å². The monoisotopic (exact) mass is 290 g/mol. The van der Waals surface area contributed by atoms with E-state index in [4.69, 9.17) is 5.26 Å². The molecule has 0 saturated heterocycles. The van der Waals surface area contributed by atoms with Crippen LogP contribution in [0.25, 0.3) is 6.08 Å². The number of nitrogens with zero attached hydrogens (tertiary/aromatic N) is 1. The highest BCUT2D eigenvalue weighted by atomic mass is 16.3. The summed E-state index contributed by atoms with van der Waals surface area (Å²) in [5, 5.41) is 20.8. The highest BCUT2D eigenvalue weighted by Crippen LogP contribution is 2.14. The topological polar surface area (TPSA) is 73.1 Å². The highest BCUT2D eigenvalue weighted by Gasteiger charge is 2.07. The fourth-order valence-electron chi connectivity index (χ4n) is 1.73. The number of phenols is 1. The van der Waals surface area contributed by atoms with Gasteiger partial charge in [-0.3, -0.25) is 4.79 Å². The Kier molecular flexibility index (Phi) is 5.11. The predicted molar refractivity (Wildman–Crippen MR) is 85.9 cm³/mol. The molecule has 22 heavy (non-hydrogen) atoms. The fourth-order valence-corrected chi connectivity index (χ4v) is 1.73. The van der Waals surface area contributed by atoms with Crippen LogP contribution in [-0.4, -0.2) is 11.0 Å². The molecule has 2 aromatic carbocycles. The molecule has 0 heterocycles. The van der Waals surface area contributed by atoms with Gasteiger partial charge in [0.25, 0.3) is 5.91 Å². The lowest BCUT2D eigenvalue weighted by Crippen LogP contribution is -2.13. The lowest BCUT2D eigenvalue weighted by Gasteiger charge is -2.03. The number of amides is 1. The average molecular weight is 290 g/mol. The van der Waals surface area contributed by atoms with Gasteiger partial charge in [-0.1, -0.05) is 42.5 Å². The van der Waals surface area contributed by atoms with Gasteiger partial charge in [0, 0.05) is 5.69 Å². The van der Waals surface area contributed by atoms with E-state index in [1.54, 1.807) is 18.2 Å². The van der Waals surface area contributed by atoms with Gasteiger partial charge in [0.1, 0.15) is 17.4 Å². The second kappa shape index (κ2) is 7.46. The van der Waals surface area contributed by atoms with Crippen molar-refractivity contribution in [2.24, 2.45) is 0 Å². The number of hydrogen-bond acceptors (Lipinski definition) is 3. The molecule has 0 aliphatic heterocycles. The van der Waals surface area contributed by atoms with E-state index < -0.39 is 5.91 Å². The van der Waals surface area contributed by atoms with E-state index in [9.17, 15) is 9.90 Å². The Morgan fingerprint density at radius 3 is 2.41 bits per heavy atom. The third-order valence-corrected chi connectivity index (χ3v) is 2.84. The van der Waals surface area contributed by atoms with Crippen LogP contribution in [0.4, 0.5) is 5.69 Å². The normalized spacial score (nSPS) is 11.1. The molecule has 2 aromatic rings. The molecule has 0 aliphatic carbocycles. The summed E-state index contributed by atoms with van der Waals surface area (Å²) in [6.07, 6.45) is 4.93. The lowest BCUT2D eigenvalue weighted by atomic mass is 10.2. The van der Waals surface area contributed by atoms with Gasteiger partial charge in [0.15, 0.2) is 0 Å². The summed E-state index contributed by atoms with van der Waals surface area (Å²) in [6.45, 7) is 0. The van der Waals surface area contributed by atoms with Gasteiger partial charge in [-0.25, -0.2) is 0 Å². The molecule has 0 fully saturated rings. The number of nitriles is 1. The first-order chi connectivity index (χ1) is 10.7.